The summed E-state index contributed by atoms with van der Waals surface area (Å²) in [6, 6.07) is 18.1. The van der Waals surface area contributed by atoms with Crippen molar-refractivity contribution < 1.29 is 24.2 Å². The largest absolute Gasteiger partial charge is 0.464 e. The Morgan fingerprint density at radius 1 is 1.00 bits per heavy atom. The van der Waals surface area contributed by atoms with E-state index >= 15 is 0 Å². The lowest BCUT2D eigenvalue weighted by Crippen LogP contribution is -2.26. The second-order valence-electron chi connectivity index (χ2n) is 5.44. The SMILES string of the molecule is CCOC(=O)[C@@H](O)C/C(=N/C(=O)OCc1ccccc1)c1ccccc1. The van der Waals surface area contributed by atoms with Crippen molar-refractivity contribution in [3.05, 3.63) is 71.8 Å². The van der Waals surface area contributed by atoms with Gasteiger partial charge in [-0.3, -0.25) is 0 Å². The van der Waals surface area contributed by atoms with Gasteiger partial charge in [0.05, 0.1) is 12.3 Å². The Bertz CT molecular complexity index is 743. The first-order chi connectivity index (χ1) is 12.6. The first-order valence-electron chi connectivity index (χ1n) is 8.28. The van der Waals surface area contributed by atoms with Crippen molar-refractivity contribution >= 4 is 17.8 Å². The summed E-state index contributed by atoms with van der Waals surface area (Å²) < 4.78 is 9.94. The van der Waals surface area contributed by atoms with Crippen LogP contribution in [0.1, 0.15) is 24.5 Å². The number of aliphatic imine (C=N–C) groups is 1. The lowest BCUT2D eigenvalue weighted by Gasteiger charge is -2.12. The first kappa shape index (κ1) is 19.3. The molecule has 6 heteroatoms. The van der Waals surface area contributed by atoms with E-state index in [1.807, 2.05) is 36.4 Å². The molecule has 0 unspecified atom stereocenters. The highest BCUT2D eigenvalue weighted by molar-refractivity contribution is 6.06. The number of aliphatic hydroxyl groups excluding tert-OH is 1. The minimum atomic E-state index is -1.41. The van der Waals surface area contributed by atoms with Gasteiger partial charge in [-0.15, -0.1) is 0 Å². The molecule has 0 aliphatic rings. The van der Waals surface area contributed by atoms with Crippen LogP contribution in [-0.4, -0.2) is 35.6 Å². The van der Waals surface area contributed by atoms with Crippen molar-refractivity contribution in [3.63, 3.8) is 0 Å². The molecule has 0 radical (unpaired) electrons. The Morgan fingerprint density at radius 2 is 1.62 bits per heavy atom. The van der Waals surface area contributed by atoms with Crippen LogP contribution < -0.4 is 0 Å². The zero-order valence-electron chi connectivity index (χ0n) is 14.5. The van der Waals surface area contributed by atoms with Crippen molar-refractivity contribution in [2.45, 2.75) is 26.1 Å². The van der Waals surface area contributed by atoms with Crippen LogP contribution in [-0.2, 0) is 20.9 Å². The summed E-state index contributed by atoms with van der Waals surface area (Å²) in [7, 11) is 0. The molecule has 0 aliphatic heterocycles. The Balaban J connectivity index is 2.10. The first-order valence-corrected chi connectivity index (χ1v) is 8.28. The van der Waals surface area contributed by atoms with E-state index in [2.05, 4.69) is 4.99 Å². The number of hydrogen-bond acceptors (Lipinski definition) is 5. The van der Waals surface area contributed by atoms with Crippen LogP contribution in [0.2, 0.25) is 0 Å². The molecule has 2 aromatic carbocycles. The van der Waals surface area contributed by atoms with Crippen LogP contribution in [0, 0.1) is 0 Å². The van der Waals surface area contributed by atoms with Gasteiger partial charge < -0.3 is 14.6 Å². The van der Waals surface area contributed by atoms with Gasteiger partial charge in [-0.2, -0.15) is 4.99 Å². The van der Waals surface area contributed by atoms with Gasteiger partial charge in [0.15, 0.2) is 6.10 Å². The average Bonchev–Trinajstić information content (AvgIpc) is 2.67. The fourth-order valence-electron chi connectivity index (χ4n) is 2.23. The number of nitrogens with zero attached hydrogens (tertiary/aromatic N) is 1. The molecule has 136 valence electrons. The highest BCUT2D eigenvalue weighted by Gasteiger charge is 2.20. The third-order valence-corrected chi connectivity index (χ3v) is 3.48. The van der Waals surface area contributed by atoms with E-state index in [1.54, 1.807) is 31.2 Å². The molecule has 2 aromatic rings. The zero-order valence-corrected chi connectivity index (χ0v) is 14.5. The standard InChI is InChI=1S/C20H21NO5/c1-2-25-19(23)18(22)13-17(16-11-7-4-8-12-16)21-20(24)26-14-15-9-5-3-6-10-15/h3-12,18,22H,2,13-14H2,1H3/b21-17-/t18-/m0/s1. The lowest BCUT2D eigenvalue weighted by molar-refractivity contribution is -0.152. The Hall–Kier alpha value is -2.99. The highest BCUT2D eigenvalue weighted by atomic mass is 16.5. The van der Waals surface area contributed by atoms with Crippen molar-refractivity contribution in [2.75, 3.05) is 6.61 Å². The van der Waals surface area contributed by atoms with Crippen LogP contribution >= 0.6 is 0 Å². The van der Waals surface area contributed by atoms with Crippen molar-refractivity contribution in [2.24, 2.45) is 4.99 Å². The topological polar surface area (TPSA) is 85.2 Å². The van der Waals surface area contributed by atoms with Gasteiger partial charge in [0.1, 0.15) is 6.61 Å². The molecule has 1 N–H and O–H groups in total. The summed E-state index contributed by atoms with van der Waals surface area (Å²) >= 11 is 0. The third kappa shape index (κ3) is 6.14. The molecule has 0 aromatic heterocycles. The highest BCUT2D eigenvalue weighted by Crippen LogP contribution is 2.10. The zero-order chi connectivity index (χ0) is 18.8. The Labute approximate surface area is 152 Å². The number of esters is 1. The van der Waals surface area contributed by atoms with Gasteiger partial charge in [0.2, 0.25) is 0 Å². The Morgan fingerprint density at radius 3 is 2.23 bits per heavy atom. The summed E-state index contributed by atoms with van der Waals surface area (Å²) in [4.78, 5) is 27.7. The summed E-state index contributed by atoms with van der Waals surface area (Å²) in [5.74, 6) is -0.756. The number of benzene rings is 2. The van der Waals surface area contributed by atoms with Crippen LogP contribution in [0.15, 0.2) is 65.7 Å². The number of aliphatic hydroxyl groups is 1. The maximum atomic E-state index is 12.1. The fraction of sp³-hybridized carbons (Fsp3) is 0.250. The van der Waals surface area contributed by atoms with Crippen LogP contribution in [0.4, 0.5) is 4.79 Å². The summed E-state index contributed by atoms with van der Waals surface area (Å²) in [6.07, 6.45) is -2.34. The van der Waals surface area contributed by atoms with Crippen molar-refractivity contribution in [1.82, 2.24) is 0 Å². The van der Waals surface area contributed by atoms with E-state index in [1.165, 1.54) is 0 Å². The fourth-order valence-corrected chi connectivity index (χ4v) is 2.23. The van der Waals surface area contributed by atoms with Gasteiger partial charge in [-0.1, -0.05) is 60.7 Å². The maximum Gasteiger partial charge on any atom is 0.434 e. The molecular weight excluding hydrogens is 334 g/mol. The molecule has 26 heavy (non-hydrogen) atoms. The quantitative estimate of drug-likeness (QED) is 0.609. The predicted octanol–water partition coefficient (Wildman–Crippen LogP) is 3.13. The minimum absolute atomic E-state index is 0.0890. The molecular formula is C20H21NO5. The molecule has 0 fully saturated rings. The molecule has 2 rings (SSSR count). The molecule has 0 saturated heterocycles. The number of carbonyl (C=O) groups is 2. The van der Waals surface area contributed by atoms with Crippen LogP contribution in [0.5, 0.6) is 0 Å². The van der Waals surface area contributed by atoms with E-state index in [4.69, 9.17) is 9.47 Å². The number of rotatable bonds is 7. The number of carbonyl (C=O) groups excluding carboxylic acids is 2. The predicted molar refractivity (Wildman–Crippen MR) is 96.9 cm³/mol. The van der Waals surface area contributed by atoms with Gasteiger partial charge in [-0.05, 0) is 18.1 Å². The number of ether oxygens (including phenoxy) is 2. The third-order valence-electron chi connectivity index (χ3n) is 3.48. The Kier molecular flexibility index (Phi) is 7.51. The molecule has 0 heterocycles. The van der Waals surface area contributed by atoms with Gasteiger partial charge in [0.25, 0.3) is 0 Å². The normalized spacial score (nSPS) is 12.3. The van der Waals surface area contributed by atoms with Gasteiger partial charge in [0, 0.05) is 6.42 Å². The van der Waals surface area contributed by atoms with E-state index in [-0.39, 0.29) is 25.3 Å². The van der Waals surface area contributed by atoms with Crippen LogP contribution in [0.25, 0.3) is 0 Å². The molecule has 6 nitrogen and oxygen atoms in total. The average molecular weight is 355 g/mol. The molecule has 0 spiro atoms. The summed E-state index contributed by atoms with van der Waals surface area (Å²) in [6.45, 7) is 1.90. The molecule has 1 atom stereocenters. The van der Waals surface area contributed by atoms with E-state index in [9.17, 15) is 14.7 Å². The van der Waals surface area contributed by atoms with Crippen LogP contribution in [0.3, 0.4) is 0 Å². The maximum absolute atomic E-state index is 12.1. The molecule has 1 amide bonds. The van der Waals surface area contributed by atoms with Crippen molar-refractivity contribution in [3.8, 4) is 0 Å². The number of amides is 1. The minimum Gasteiger partial charge on any atom is -0.464 e. The smallest absolute Gasteiger partial charge is 0.434 e. The number of hydrogen-bond donors (Lipinski definition) is 1. The second-order valence-corrected chi connectivity index (χ2v) is 5.44. The monoisotopic (exact) mass is 355 g/mol. The van der Waals surface area contributed by atoms with Gasteiger partial charge >= 0.3 is 12.1 Å². The summed E-state index contributed by atoms with van der Waals surface area (Å²) in [5, 5.41) is 9.99. The van der Waals surface area contributed by atoms with Crippen molar-refractivity contribution in [1.29, 1.82) is 0 Å². The van der Waals surface area contributed by atoms with Gasteiger partial charge in [-0.25, -0.2) is 9.59 Å². The summed E-state index contributed by atoms with van der Waals surface area (Å²) in [5.41, 5.74) is 1.71. The lowest BCUT2D eigenvalue weighted by atomic mass is 10.0. The van der Waals surface area contributed by atoms with E-state index in [0.29, 0.717) is 5.56 Å². The molecule has 0 saturated carbocycles. The molecule has 0 aliphatic carbocycles. The van der Waals surface area contributed by atoms with E-state index < -0.39 is 18.2 Å². The van der Waals surface area contributed by atoms with E-state index in [0.717, 1.165) is 5.56 Å². The second kappa shape index (κ2) is 10.1. The molecule has 0 bridgehead atoms.